The minimum atomic E-state index is -4.17. The molecule has 4 aliphatic carbocycles. The molecule has 678 valence electrons. The number of fused-ring (bicyclic) bond motifs is 4. The van der Waals surface area contributed by atoms with E-state index in [1.807, 2.05) is 121 Å². The number of anilines is 8. The first-order valence-corrected chi connectivity index (χ1v) is 47.4. The zero-order chi connectivity index (χ0) is 91.7. The van der Waals surface area contributed by atoms with Crippen LogP contribution >= 0.6 is 11.3 Å². The van der Waals surface area contributed by atoms with E-state index < -0.39 is 31.7 Å². The first-order chi connectivity index (χ1) is 64.1. The lowest BCUT2D eigenvalue weighted by Crippen LogP contribution is -2.15. The van der Waals surface area contributed by atoms with Crippen LogP contribution < -0.4 is 57.2 Å². The molecule has 0 bridgehead atoms. The molecule has 12 N–H and O–H groups in total. The number of nitrogen functional groups attached to an aromatic ring is 4. The second-order valence-electron chi connectivity index (χ2n) is 32.6. The van der Waals surface area contributed by atoms with Crippen LogP contribution in [-0.4, -0.2) is 129 Å². The Hall–Kier alpha value is -14.7. The molecule has 7 aromatic carbocycles. The number of aromatic nitrogens is 16. The summed E-state index contributed by atoms with van der Waals surface area (Å²) in [6.07, 6.45) is 24.0. The molecule has 38 heteroatoms. The second kappa shape index (κ2) is 39.3. The van der Waals surface area contributed by atoms with Gasteiger partial charge in [0.15, 0.2) is 22.6 Å². The quantitative estimate of drug-likeness (QED) is 0.0278. The van der Waals surface area contributed by atoms with E-state index in [9.17, 15) is 35.2 Å². The van der Waals surface area contributed by atoms with Gasteiger partial charge in [0.1, 0.15) is 100 Å². The van der Waals surface area contributed by atoms with Crippen LogP contribution in [0.25, 0.3) is 89.2 Å². The van der Waals surface area contributed by atoms with Crippen molar-refractivity contribution in [3.05, 3.63) is 228 Å². The topological polar surface area (TPSA) is 457 Å². The molecule has 132 heavy (non-hydrogen) atoms. The molecule has 0 atom stereocenters. The van der Waals surface area contributed by atoms with Crippen molar-refractivity contribution in [2.75, 3.05) is 64.3 Å². The van der Waals surface area contributed by atoms with Gasteiger partial charge in [-0.1, -0.05) is 148 Å². The third kappa shape index (κ3) is 19.6. The third-order valence-electron chi connectivity index (χ3n) is 23.9. The fourth-order valence-electron chi connectivity index (χ4n) is 17.5. The third-order valence-corrected chi connectivity index (χ3v) is 27.4. The number of ether oxygens (including phenoxy) is 3. The van der Waals surface area contributed by atoms with E-state index in [0.717, 1.165) is 150 Å². The predicted molar refractivity (Wildman–Crippen MR) is 506 cm³/mol. The Morgan fingerprint density at radius 1 is 0.402 bits per heavy atom. The molecule has 0 aliphatic heterocycles. The lowest BCUT2D eigenvalue weighted by atomic mass is 10.1. The molecule has 9 aromatic heterocycles. The fraction of sp³-hybridized carbons (Fsp3) is 0.277. The summed E-state index contributed by atoms with van der Waals surface area (Å²) in [5.74, 6) is 1.02. The molecule has 4 fully saturated rings. The Morgan fingerprint density at radius 2 is 0.765 bits per heavy atom. The van der Waals surface area contributed by atoms with E-state index in [-0.39, 0.29) is 52.5 Å². The molecular formula is C94H96F2N24O9S3. The number of hydrogen-bond acceptors (Lipinski definition) is 26. The van der Waals surface area contributed by atoms with Gasteiger partial charge in [-0.05, 0) is 141 Å². The smallest absolute Gasteiger partial charge is 0.262 e. The molecule has 0 radical (unpaired) electrons. The Morgan fingerprint density at radius 3 is 1.14 bits per heavy atom. The predicted octanol–water partition coefficient (Wildman–Crippen LogP) is 17.2. The van der Waals surface area contributed by atoms with Crippen molar-refractivity contribution in [3.63, 3.8) is 0 Å². The average molecular weight is 1840 g/mol. The summed E-state index contributed by atoms with van der Waals surface area (Å²) in [5, 5.41) is 30.0. The summed E-state index contributed by atoms with van der Waals surface area (Å²) in [4.78, 5) is 60.2. The summed E-state index contributed by atoms with van der Waals surface area (Å²) < 4.78 is 108. The highest BCUT2D eigenvalue weighted by atomic mass is 32.2. The molecule has 2 amide bonds. The molecule has 4 aliphatic rings. The maximum absolute atomic E-state index is 15.0. The molecule has 33 nitrogen and oxygen atoms in total. The summed E-state index contributed by atoms with van der Waals surface area (Å²) in [6.45, 7) is 0. The molecule has 16 aromatic rings. The SMILES string of the molecule is COc1cc(-c2nn(C3CCCC3)c3ncnc(N)c23)ccc1NC(=O)Cc1ccccc1.COc1cc(-c2nn(C3CCCC3)c3ncnc(N)c23)ccc1NC(=O)Cc1cccs1.COc1cc(-c2nn(C3CCCC3)c3ncnc(N)c23)ccc1NS(=O)(=O)Cc1ccccc1.Nc1ncnc2c1c(-c1ccc(NS(=O)(=O)c3cccc(F)c3)c(F)c1)nn2C1CCCC1. The standard InChI is InChI=1S/C25H26N6O2.C24H26N6O3S.C23H24N6O2S.C22H20F2N6O2S/c1-33-20-14-17(11-12-19(20)29-21(32)13-16-7-3-2-4-8-16)23-22-24(26)27-15-28-25(22)31(30-23)18-9-5-6-10-18;1-33-20-13-17(11-12-19(20)29-34(31,32)14-16-7-3-2-4-8-16)22-21-23(25)26-15-27-24(21)30(28-22)18-9-5-6-10-18;1-31-18-11-14(8-9-17(18)27-19(30)12-16-7-4-10-32-16)21-20-22(24)25-13-26-23(20)29(28-21)15-5-2-3-6-15;23-14-4-3-7-16(11-14)33(31,32)29-18-9-8-13(10-17(18)24)20-19-21(25)26-12-27-22(19)30(28-20)15-5-1-2-6-15/h2-4,7-8,11-12,14-15,18H,5-6,9-10,13H2,1H3,(H,29,32)(H2,26,27,28);2-4,7-8,11-13,15,18,29H,5-6,9-10,14H2,1H3,(H2,25,26,27);4,7-11,13,15H,2-3,5-6,12H2,1H3,(H,27,30)(H2,24,25,26);3-4,7-12,15,29H,1-2,5-6H2,(H2,25,26,27). The van der Waals surface area contributed by atoms with Crippen LogP contribution in [0, 0.1) is 11.6 Å². The van der Waals surface area contributed by atoms with Crippen LogP contribution in [0.4, 0.5) is 54.8 Å². The van der Waals surface area contributed by atoms with E-state index in [1.165, 1.54) is 82.4 Å². The highest BCUT2D eigenvalue weighted by Gasteiger charge is 2.32. The average Bonchev–Trinajstić information content (AvgIpc) is 1.62. The largest absolute Gasteiger partial charge is 0.495 e. The highest BCUT2D eigenvalue weighted by molar-refractivity contribution is 7.92. The van der Waals surface area contributed by atoms with Gasteiger partial charge in [-0.2, -0.15) is 20.4 Å². The van der Waals surface area contributed by atoms with Crippen LogP contribution in [0.15, 0.2) is 205 Å². The maximum atomic E-state index is 15.0. The minimum absolute atomic E-state index is 0.0906. The van der Waals surface area contributed by atoms with E-state index in [2.05, 4.69) is 59.9 Å². The van der Waals surface area contributed by atoms with Gasteiger partial charge in [0, 0.05) is 27.1 Å². The maximum Gasteiger partial charge on any atom is 0.262 e. The van der Waals surface area contributed by atoms with Crippen molar-refractivity contribution in [2.24, 2.45) is 0 Å². The molecule has 0 saturated heterocycles. The number of methoxy groups -OCH3 is 3. The number of benzene rings is 7. The number of nitrogens with two attached hydrogens (primary N) is 4. The van der Waals surface area contributed by atoms with Crippen LogP contribution in [0.2, 0.25) is 0 Å². The second-order valence-corrected chi connectivity index (χ2v) is 37.1. The number of carbonyl (C=O) groups excluding carboxylic acids is 2. The van der Waals surface area contributed by atoms with Crippen LogP contribution in [0.1, 0.15) is 143 Å². The number of nitrogens with zero attached hydrogens (tertiary/aromatic N) is 16. The Labute approximate surface area is 762 Å². The number of rotatable bonds is 24. The van der Waals surface area contributed by atoms with Crippen LogP contribution in [-0.2, 0) is 48.2 Å². The van der Waals surface area contributed by atoms with Crippen molar-refractivity contribution in [1.82, 2.24) is 79.0 Å². The number of hydrogen-bond donors (Lipinski definition) is 8. The summed E-state index contributed by atoms with van der Waals surface area (Å²) in [7, 11) is -3.14. The Bertz CT molecular complexity index is 7150. The Balaban J connectivity index is 0.000000123. The number of nitrogens with one attached hydrogen (secondary N) is 4. The molecule has 20 rings (SSSR count). The van der Waals surface area contributed by atoms with Gasteiger partial charge in [0.05, 0.1) is 113 Å². The van der Waals surface area contributed by atoms with Gasteiger partial charge in [0.25, 0.3) is 10.0 Å². The van der Waals surface area contributed by atoms with Crippen molar-refractivity contribution in [1.29, 1.82) is 0 Å². The normalized spacial score (nSPS) is 14.3. The monoisotopic (exact) mass is 1840 g/mol. The Kier molecular flexibility index (Phi) is 26.6. The lowest BCUT2D eigenvalue weighted by Gasteiger charge is -2.13. The molecular weight excluding hydrogens is 1740 g/mol. The van der Waals surface area contributed by atoms with E-state index in [4.69, 9.17) is 57.5 Å². The number of thiophene rings is 1. The first-order valence-electron chi connectivity index (χ1n) is 43.3. The number of halogens is 2. The fourth-order valence-corrected chi connectivity index (χ4v) is 20.5. The van der Waals surface area contributed by atoms with Gasteiger partial charge in [-0.25, -0.2) is 84.2 Å². The zero-order valence-electron chi connectivity index (χ0n) is 72.4. The summed E-state index contributed by atoms with van der Waals surface area (Å²) >= 11 is 1.56. The zero-order valence-corrected chi connectivity index (χ0v) is 74.9. The summed E-state index contributed by atoms with van der Waals surface area (Å²) in [5.41, 5.74) is 35.9. The highest BCUT2D eigenvalue weighted by Crippen LogP contribution is 2.45. The van der Waals surface area contributed by atoms with Gasteiger partial charge in [-0.3, -0.25) is 19.0 Å². The van der Waals surface area contributed by atoms with Crippen molar-refractivity contribution in [3.8, 4) is 62.3 Å². The van der Waals surface area contributed by atoms with Crippen LogP contribution in [0.5, 0.6) is 17.2 Å². The first kappa shape index (κ1) is 89.3. The minimum Gasteiger partial charge on any atom is -0.495 e. The number of sulfonamides is 2. The lowest BCUT2D eigenvalue weighted by molar-refractivity contribution is -0.116. The molecule has 0 spiro atoms. The van der Waals surface area contributed by atoms with Gasteiger partial charge < -0.3 is 47.8 Å². The van der Waals surface area contributed by atoms with Crippen molar-refractivity contribution < 1.29 is 49.4 Å². The van der Waals surface area contributed by atoms with E-state index in [0.29, 0.717) is 115 Å². The van der Waals surface area contributed by atoms with Crippen LogP contribution in [0.3, 0.4) is 0 Å². The van der Waals surface area contributed by atoms with Crippen molar-refractivity contribution in [2.45, 2.75) is 150 Å². The van der Waals surface area contributed by atoms with E-state index >= 15 is 0 Å². The van der Waals surface area contributed by atoms with Gasteiger partial charge in [0.2, 0.25) is 21.8 Å². The molecule has 9 heterocycles. The number of carbonyl (C=O) groups is 2. The molecule has 4 saturated carbocycles. The van der Waals surface area contributed by atoms with E-state index in [1.54, 1.807) is 62.0 Å². The van der Waals surface area contributed by atoms with Gasteiger partial charge >= 0.3 is 0 Å². The molecule has 0 unspecified atom stereocenters. The number of amides is 2. The van der Waals surface area contributed by atoms with Crippen molar-refractivity contribution >= 4 is 133 Å². The summed E-state index contributed by atoms with van der Waals surface area (Å²) in [6, 6.07) is 48.6. The van der Waals surface area contributed by atoms with Gasteiger partial charge in [-0.15, -0.1) is 11.3 Å².